The van der Waals surface area contributed by atoms with Gasteiger partial charge >= 0.3 is 0 Å². The van der Waals surface area contributed by atoms with Crippen molar-refractivity contribution in [2.45, 2.75) is 44.8 Å². The van der Waals surface area contributed by atoms with E-state index in [1.54, 1.807) is 30.0 Å². The third-order valence-electron chi connectivity index (χ3n) is 3.84. The molecule has 1 heterocycles. The Balaban J connectivity index is 2.09. The number of hydrogen-bond acceptors (Lipinski definition) is 4. The molecule has 2 rings (SSSR count). The largest absolute Gasteiger partial charge is 0.393 e. The van der Waals surface area contributed by atoms with E-state index in [1.165, 1.54) is 6.07 Å². The molecule has 1 aliphatic heterocycles. The minimum Gasteiger partial charge on any atom is -0.393 e. The molecule has 6 heteroatoms. The highest BCUT2D eigenvalue weighted by molar-refractivity contribution is 5.80. The number of likely N-dealkylation sites (tertiary alicyclic amines) is 1. The molecule has 0 aromatic heterocycles. The second-order valence-electron chi connectivity index (χ2n) is 5.53. The van der Waals surface area contributed by atoms with Crippen LogP contribution in [0.3, 0.4) is 0 Å². The maximum Gasteiger partial charge on any atom is 0.273 e. The van der Waals surface area contributed by atoms with Crippen molar-refractivity contribution in [2.24, 2.45) is 0 Å². The molecule has 0 spiro atoms. The minimum atomic E-state index is -0.458. The molecule has 1 aromatic rings. The Bertz CT molecular complexity index is 530. The van der Waals surface area contributed by atoms with Gasteiger partial charge in [0, 0.05) is 24.2 Å². The molecular formula is C15H20N2O4. The first-order valence-corrected chi connectivity index (χ1v) is 7.19. The van der Waals surface area contributed by atoms with E-state index in [9.17, 15) is 20.0 Å². The predicted molar refractivity (Wildman–Crippen MR) is 77.8 cm³/mol. The molecule has 21 heavy (non-hydrogen) atoms. The van der Waals surface area contributed by atoms with Gasteiger partial charge in [-0.3, -0.25) is 14.9 Å². The molecule has 0 bridgehead atoms. The van der Waals surface area contributed by atoms with Gasteiger partial charge < -0.3 is 10.0 Å². The zero-order valence-corrected chi connectivity index (χ0v) is 12.1. The highest BCUT2D eigenvalue weighted by Crippen LogP contribution is 2.24. The van der Waals surface area contributed by atoms with Gasteiger partial charge in [0.05, 0.1) is 17.4 Å². The first kappa shape index (κ1) is 15.4. The Morgan fingerprint density at radius 2 is 2.24 bits per heavy atom. The van der Waals surface area contributed by atoms with Gasteiger partial charge in [-0.2, -0.15) is 0 Å². The van der Waals surface area contributed by atoms with Gasteiger partial charge in [-0.1, -0.05) is 18.2 Å². The standard InChI is InChI=1S/C15H20N2O4/c1-11(18)9-13-6-4-8-16(13)15(19)10-12-5-2-3-7-14(12)17(20)21/h2-3,5,7,11,13,18H,4,6,8-10H2,1H3. The topological polar surface area (TPSA) is 83.7 Å². The van der Waals surface area contributed by atoms with Crippen LogP contribution in [0.5, 0.6) is 0 Å². The summed E-state index contributed by atoms with van der Waals surface area (Å²) < 4.78 is 0. The van der Waals surface area contributed by atoms with E-state index in [0.717, 1.165) is 12.8 Å². The number of nitro groups is 1. The lowest BCUT2D eigenvalue weighted by atomic mass is 10.1. The summed E-state index contributed by atoms with van der Waals surface area (Å²) in [5.74, 6) is -0.104. The highest BCUT2D eigenvalue weighted by atomic mass is 16.6. The summed E-state index contributed by atoms with van der Waals surface area (Å²) in [5, 5.41) is 20.5. The lowest BCUT2D eigenvalue weighted by molar-refractivity contribution is -0.385. The van der Waals surface area contributed by atoms with Gasteiger partial charge in [0.25, 0.3) is 5.69 Å². The van der Waals surface area contributed by atoms with Crippen molar-refractivity contribution < 1.29 is 14.8 Å². The SMILES string of the molecule is CC(O)CC1CCCN1C(=O)Cc1ccccc1[N+](=O)[O-]. The van der Waals surface area contributed by atoms with Crippen LogP contribution in [-0.4, -0.2) is 39.5 Å². The van der Waals surface area contributed by atoms with Gasteiger partial charge in [0.15, 0.2) is 0 Å². The van der Waals surface area contributed by atoms with Crippen molar-refractivity contribution in [3.8, 4) is 0 Å². The Morgan fingerprint density at radius 3 is 2.90 bits per heavy atom. The normalized spacial score (nSPS) is 19.5. The van der Waals surface area contributed by atoms with E-state index in [4.69, 9.17) is 0 Å². The number of carbonyl (C=O) groups is 1. The molecule has 0 aliphatic carbocycles. The van der Waals surface area contributed by atoms with Crippen LogP contribution in [-0.2, 0) is 11.2 Å². The van der Waals surface area contributed by atoms with Gasteiger partial charge in [0.1, 0.15) is 0 Å². The molecule has 2 unspecified atom stereocenters. The summed E-state index contributed by atoms with van der Waals surface area (Å²) >= 11 is 0. The number of hydrogen-bond donors (Lipinski definition) is 1. The fourth-order valence-electron chi connectivity index (χ4n) is 2.91. The first-order chi connectivity index (χ1) is 9.99. The van der Waals surface area contributed by atoms with Crippen molar-refractivity contribution in [1.82, 2.24) is 4.90 Å². The predicted octanol–water partition coefficient (Wildman–Crippen LogP) is 1.90. The lowest BCUT2D eigenvalue weighted by Gasteiger charge is -2.25. The summed E-state index contributed by atoms with van der Waals surface area (Å²) in [7, 11) is 0. The Hall–Kier alpha value is -1.95. The zero-order valence-electron chi connectivity index (χ0n) is 12.1. The van der Waals surface area contributed by atoms with Gasteiger partial charge in [-0.25, -0.2) is 0 Å². The van der Waals surface area contributed by atoms with Gasteiger partial charge in [0.2, 0.25) is 5.91 Å². The summed E-state index contributed by atoms with van der Waals surface area (Å²) in [6.07, 6.45) is 1.94. The Morgan fingerprint density at radius 1 is 1.52 bits per heavy atom. The molecular weight excluding hydrogens is 272 g/mol. The number of carbonyl (C=O) groups excluding carboxylic acids is 1. The van der Waals surface area contributed by atoms with Gasteiger partial charge in [-0.15, -0.1) is 0 Å². The second kappa shape index (κ2) is 6.67. The monoisotopic (exact) mass is 292 g/mol. The average Bonchev–Trinajstić information content (AvgIpc) is 2.86. The molecule has 1 amide bonds. The summed E-state index contributed by atoms with van der Waals surface area (Å²) in [5.41, 5.74) is 0.423. The molecule has 1 aromatic carbocycles. The average molecular weight is 292 g/mol. The molecule has 1 fully saturated rings. The smallest absolute Gasteiger partial charge is 0.273 e. The zero-order chi connectivity index (χ0) is 15.4. The van der Waals surface area contributed by atoms with E-state index >= 15 is 0 Å². The van der Waals surface area contributed by atoms with Crippen molar-refractivity contribution in [1.29, 1.82) is 0 Å². The number of rotatable bonds is 5. The fourth-order valence-corrected chi connectivity index (χ4v) is 2.91. The van der Waals surface area contributed by atoms with Crippen LogP contribution in [0.15, 0.2) is 24.3 Å². The number of aliphatic hydroxyl groups is 1. The van der Waals surface area contributed by atoms with Crippen molar-refractivity contribution in [3.63, 3.8) is 0 Å². The van der Waals surface area contributed by atoms with E-state index in [1.807, 2.05) is 0 Å². The molecule has 1 N–H and O–H groups in total. The van der Waals surface area contributed by atoms with Crippen molar-refractivity contribution in [3.05, 3.63) is 39.9 Å². The Kier molecular flexibility index (Phi) is 4.90. The van der Waals surface area contributed by atoms with Crippen LogP contribution >= 0.6 is 0 Å². The van der Waals surface area contributed by atoms with E-state index in [0.29, 0.717) is 18.5 Å². The van der Waals surface area contributed by atoms with E-state index in [2.05, 4.69) is 0 Å². The molecule has 0 saturated carbocycles. The summed E-state index contributed by atoms with van der Waals surface area (Å²) in [6, 6.07) is 6.38. The number of para-hydroxylation sites is 1. The quantitative estimate of drug-likeness (QED) is 0.663. The van der Waals surface area contributed by atoms with Crippen LogP contribution in [0.1, 0.15) is 31.7 Å². The lowest BCUT2D eigenvalue weighted by Crippen LogP contribution is -2.38. The molecule has 114 valence electrons. The fraction of sp³-hybridized carbons (Fsp3) is 0.533. The number of aliphatic hydroxyl groups excluding tert-OH is 1. The van der Waals surface area contributed by atoms with Gasteiger partial charge in [-0.05, 0) is 26.2 Å². The number of nitro benzene ring substituents is 1. The number of benzene rings is 1. The van der Waals surface area contributed by atoms with Crippen LogP contribution < -0.4 is 0 Å². The first-order valence-electron chi connectivity index (χ1n) is 7.19. The second-order valence-corrected chi connectivity index (χ2v) is 5.53. The third kappa shape index (κ3) is 3.78. The maximum atomic E-state index is 12.4. The molecule has 2 atom stereocenters. The molecule has 0 radical (unpaired) electrons. The summed E-state index contributed by atoms with van der Waals surface area (Å²) in [4.78, 5) is 24.7. The van der Waals surface area contributed by atoms with E-state index in [-0.39, 0.29) is 24.1 Å². The van der Waals surface area contributed by atoms with Crippen LogP contribution in [0.4, 0.5) is 5.69 Å². The third-order valence-corrected chi connectivity index (χ3v) is 3.84. The highest BCUT2D eigenvalue weighted by Gasteiger charge is 2.30. The maximum absolute atomic E-state index is 12.4. The molecule has 1 aliphatic rings. The summed E-state index contributed by atoms with van der Waals surface area (Å²) in [6.45, 7) is 2.37. The van der Waals surface area contributed by atoms with Crippen molar-refractivity contribution in [2.75, 3.05) is 6.54 Å². The van der Waals surface area contributed by atoms with Crippen LogP contribution in [0.2, 0.25) is 0 Å². The Labute approximate surface area is 123 Å². The van der Waals surface area contributed by atoms with Crippen LogP contribution in [0, 0.1) is 10.1 Å². The van der Waals surface area contributed by atoms with Crippen LogP contribution in [0.25, 0.3) is 0 Å². The van der Waals surface area contributed by atoms with Crippen molar-refractivity contribution >= 4 is 11.6 Å². The minimum absolute atomic E-state index is 0.0166. The number of amides is 1. The van der Waals surface area contributed by atoms with E-state index < -0.39 is 11.0 Å². The number of nitrogens with zero attached hydrogens (tertiary/aromatic N) is 2. The molecule has 1 saturated heterocycles. The molecule has 6 nitrogen and oxygen atoms in total.